The molecule has 1 aromatic rings. The summed E-state index contributed by atoms with van der Waals surface area (Å²) in [4.78, 5) is 12.2. The second kappa shape index (κ2) is 5.70. The first-order valence-corrected chi connectivity index (χ1v) is 8.02. The van der Waals surface area contributed by atoms with Gasteiger partial charge in [0, 0.05) is 17.9 Å². The van der Waals surface area contributed by atoms with Gasteiger partial charge in [-0.3, -0.25) is 4.79 Å². The zero-order valence-corrected chi connectivity index (χ0v) is 13.0. The van der Waals surface area contributed by atoms with Crippen LogP contribution in [0.25, 0.3) is 0 Å². The fraction of sp³-hybridized carbons (Fsp3) is 0.611. The van der Waals surface area contributed by atoms with Crippen LogP contribution in [0.4, 0.5) is 0 Å². The summed E-state index contributed by atoms with van der Waals surface area (Å²) in [6.07, 6.45) is 6.55. The number of Topliss-reactive ketones (excluding diaryl/α,β-unsaturated/α-hetero) is 1. The molecule has 1 aliphatic carbocycles. The van der Waals surface area contributed by atoms with Crippen molar-refractivity contribution in [1.29, 1.82) is 0 Å². The molecule has 0 N–H and O–H groups in total. The minimum absolute atomic E-state index is 0.172. The SMILES string of the molecule is CC1(C)Cc2cccc(OCC(=O)C3CCCCC3)c2O1. The van der Waals surface area contributed by atoms with Crippen molar-refractivity contribution in [2.75, 3.05) is 6.61 Å². The van der Waals surface area contributed by atoms with Gasteiger partial charge in [-0.05, 0) is 32.8 Å². The van der Waals surface area contributed by atoms with Crippen LogP contribution in [0.3, 0.4) is 0 Å². The lowest BCUT2D eigenvalue weighted by atomic mass is 9.86. The number of ketones is 1. The third-order valence-corrected chi connectivity index (χ3v) is 4.49. The van der Waals surface area contributed by atoms with Crippen LogP contribution in [0.2, 0.25) is 0 Å². The Morgan fingerprint density at radius 1 is 1.29 bits per heavy atom. The molecule has 0 bridgehead atoms. The standard InChI is InChI=1S/C18H24O3/c1-18(2)11-14-9-6-10-16(17(14)21-18)20-12-15(19)13-7-4-3-5-8-13/h6,9-10,13H,3-5,7-8,11-12H2,1-2H3. The normalized spacial score (nSPS) is 20.7. The van der Waals surface area contributed by atoms with Gasteiger partial charge < -0.3 is 9.47 Å². The molecule has 1 saturated carbocycles. The highest BCUT2D eigenvalue weighted by atomic mass is 16.5. The van der Waals surface area contributed by atoms with Gasteiger partial charge in [-0.1, -0.05) is 31.4 Å². The maximum Gasteiger partial charge on any atom is 0.173 e. The summed E-state index contributed by atoms with van der Waals surface area (Å²) in [6.45, 7) is 4.32. The van der Waals surface area contributed by atoms with Crippen molar-refractivity contribution in [2.24, 2.45) is 5.92 Å². The number of hydrogen-bond donors (Lipinski definition) is 0. The molecule has 0 saturated heterocycles. The third kappa shape index (κ3) is 3.22. The summed E-state index contributed by atoms with van der Waals surface area (Å²) in [5.74, 6) is 1.97. The van der Waals surface area contributed by atoms with Gasteiger partial charge in [-0.15, -0.1) is 0 Å². The van der Waals surface area contributed by atoms with Gasteiger partial charge in [-0.25, -0.2) is 0 Å². The van der Waals surface area contributed by atoms with Gasteiger partial charge in [0.2, 0.25) is 0 Å². The van der Waals surface area contributed by atoms with Crippen molar-refractivity contribution in [3.63, 3.8) is 0 Å². The maximum atomic E-state index is 12.2. The summed E-state index contributed by atoms with van der Waals surface area (Å²) in [7, 11) is 0. The molecule has 3 heteroatoms. The van der Waals surface area contributed by atoms with Crippen molar-refractivity contribution < 1.29 is 14.3 Å². The molecule has 1 heterocycles. The van der Waals surface area contributed by atoms with Crippen LogP contribution < -0.4 is 9.47 Å². The van der Waals surface area contributed by atoms with Gasteiger partial charge in [0.1, 0.15) is 12.2 Å². The highest BCUT2D eigenvalue weighted by Crippen LogP contribution is 2.41. The van der Waals surface area contributed by atoms with E-state index in [4.69, 9.17) is 9.47 Å². The molecule has 0 aromatic heterocycles. The summed E-state index contributed by atoms with van der Waals surface area (Å²) < 4.78 is 11.7. The van der Waals surface area contributed by atoms with Crippen LogP contribution in [0.1, 0.15) is 51.5 Å². The molecule has 1 aliphatic heterocycles. The highest BCUT2D eigenvalue weighted by molar-refractivity contribution is 5.82. The summed E-state index contributed by atoms with van der Waals surface area (Å²) in [6, 6.07) is 5.94. The molecule has 0 amide bonds. The quantitative estimate of drug-likeness (QED) is 0.842. The van der Waals surface area contributed by atoms with E-state index < -0.39 is 0 Å². The first-order chi connectivity index (χ1) is 10.1. The van der Waals surface area contributed by atoms with Crippen LogP contribution in [-0.4, -0.2) is 18.0 Å². The molecule has 21 heavy (non-hydrogen) atoms. The van der Waals surface area contributed by atoms with Gasteiger partial charge in [-0.2, -0.15) is 0 Å². The predicted octanol–water partition coefficient (Wildman–Crippen LogP) is 3.93. The van der Waals surface area contributed by atoms with Gasteiger partial charge in [0.25, 0.3) is 0 Å². The smallest absolute Gasteiger partial charge is 0.173 e. The van der Waals surface area contributed by atoms with Crippen molar-refractivity contribution in [1.82, 2.24) is 0 Å². The second-order valence-electron chi connectivity index (χ2n) is 6.87. The molecule has 0 spiro atoms. The Hall–Kier alpha value is -1.51. The van der Waals surface area contributed by atoms with E-state index in [9.17, 15) is 4.79 Å². The Morgan fingerprint density at radius 2 is 2.05 bits per heavy atom. The molecule has 1 fully saturated rings. The number of para-hydroxylation sites is 1. The van der Waals surface area contributed by atoms with Crippen molar-refractivity contribution in [3.8, 4) is 11.5 Å². The first kappa shape index (κ1) is 14.4. The Morgan fingerprint density at radius 3 is 2.81 bits per heavy atom. The number of benzene rings is 1. The predicted molar refractivity (Wildman–Crippen MR) is 81.9 cm³/mol. The molecular formula is C18H24O3. The molecule has 3 nitrogen and oxygen atoms in total. The van der Waals surface area contributed by atoms with Crippen LogP contribution in [0.5, 0.6) is 11.5 Å². The average molecular weight is 288 g/mol. The zero-order chi connectivity index (χ0) is 14.9. The van der Waals surface area contributed by atoms with E-state index in [-0.39, 0.29) is 23.9 Å². The fourth-order valence-electron chi connectivity index (χ4n) is 3.39. The van der Waals surface area contributed by atoms with Gasteiger partial charge in [0.15, 0.2) is 17.3 Å². The second-order valence-corrected chi connectivity index (χ2v) is 6.87. The van der Waals surface area contributed by atoms with Crippen molar-refractivity contribution >= 4 is 5.78 Å². The van der Waals surface area contributed by atoms with Crippen LogP contribution >= 0.6 is 0 Å². The van der Waals surface area contributed by atoms with Crippen LogP contribution in [-0.2, 0) is 11.2 Å². The maximum absolute atomic E-state index is 12.2. The topological polar surface area (TPSA) is 35.5 Å². The molecule has 0 unspecified atom stereocenters. The Kier molecular flexibility index (Phi) is 3.92. The number of carbonyl (C=O) groups is 1. The Bertz CT molecular complexity index is 527. The highest BCUT2D eigenvalue weighted by Gasteiger charge is 2.32. The van der Waals surface area contributed by atoms with Crippen LogP contribution in [0, 0.1) is 5.92 Å². The number of carbonyl (C=O) groups excluding carboxylic acids is 1. The lowest BCUT2D eigenvalue weighted by Gasteiger charge is -2.21. The molecule has 2 aliphatic rings. The minimum Gasteiger partial charge on any atom is -0.483 e. The molecule has 0 radical (unpaired) electrons. The Balaban J connectivity index is 1.64. The van der Waals surface area contributed by atoms with E-state index in [1.807, 2.05) is 12.1 Å². The monoisotopic (exact) mass is 288 g/mol. The fourth-order valence-corrected chi connectivity index (χ4v) is 3.39. The van der Waals surface area contributed by atoms with E-state index >= 15 is 0 Å². The molecule has 3 rings (SSSR count). The van der Waals surface area contributed by atoms with Crippen molar-refractivity contribution in [3.05, 3.63) is 23.8 Å². The first-order valence-electron chi connectivity index (χ1n) is 8.02. The third-order valence-electron chi connectivity index (χ3n) is 4.49. The Labute approximate surface area is 126 Å². The number of rotatable bonds is 4. The van der Waals surface area contributed by atoms with E-state index in [2.05, 4.69) is 19.9 Å². The number of ether oxygens (including phenoxy) is 2. The minimum atomic E-state index is -0.185. The summed E-state index contributed by atoms with van der Waals surface area (Å²) >= 11 is 0. The van der Waals surface area contributed by atoms with E-state index in [0.717, 1.165) is 25.0 Å². The van der Waals surface area contributed by atoms with Crippen molar-refractivity contribution in [2.45, 2.75) is 58.0 Å². The number of hydrogen-bond acceptors (Lipinski definition) is 3. The number of fused-ring (bicyclic) bond motifs is 1. The van der Waals surface area contributed by atoms with E-state index in [1.165, 1.54) is 24.8 Å². The molecule has 114 valence electrons. The lowest BCUT2D eigenvalue weighted by molar-refractivity contribution is -0.125. The lowest BCUT2D eigenvalue weighted by Crippen LogP contribution is -2.25. The molecule has 1 aromatic carbocycles. The summed E-state index contributed by atoms with van der Waals surface area (Å²) in [5.41, 5.74) is 0.984. The van der Waals surface area contributed by atoms with E-state index in [0.29, 0.717) is 5.75 Å². The molecular weight excluding hydrogens is 264 g/mol. The average Bonchev–Trinajstić information content (AvgIpc) is 2.80. The van der Waals surface area contributed by atoms with E-state index in [1.54, 1.807) is 0 Å². The van der Waals surface area contributed by atoms with Crippen LogP contribution in [0.15, 0.2) is 18.2 Å². The van der Waals surface area contributed by atoms with Gasteiger partial charge >= 0.3 is 0 Å². The zero-order valence-electron chi connectivity index (χ0n) is 13.0. The molecule has 0 atom stereocenters. The largest absolute Gasteiger partial charge is 0.483 e. The summed E-state index contributed by atoms with van der Waals surface area (Å²) in [5, 5.41) is 0. The van der Waals surface area contributed by atoms with Gasteiger partial charge in [0.05, 0.1) is 0 Å².